The van der Waals surface area contributed by atoms with Crippen molar-refractivity contribution in [3.05, 3.63) is 54.1 Å². The van der Waals surface area contributed by atoms with Crippen LogP contribution in [0, 0.1) is 0 Å². The molecular formula is C15H15N2O3S+. The summed E-state index contributed by atoms with van der Waals surface area (Å²) in [5.74, 6) is 0.551. The first-order chi connectivity index (χ1) is 10.0. The first-order valence-corrected chi connectivity index (χ1v) is 8.32. The average Bonchev–Trinajstić information content (AvgIpc) is 2.46. The maximum atomic E-state index is 11.4. The predicted molar refractivity (Wildman–Crippen MR) is 81.9 cm³/mol. The van der Waals surface area contributed by atoms with Crippen molar-refractivity contribution >= 4 is 27.6 Å². The van der Waals surface area contributed by atoms with Gasteiger partial charge in [0.15, 0.2) is 12.0 Å². The van der Waals surface area contributed by atoms with E-state index in [1.165, 1.54) is 0 Å². The van der Waals surface area contributed by atoms with E-state index >= 15 is 0 Å². The Morgan fingerprint density at radius 3 is 2.57 bits per heavy atom. The predicted octanol–water partition coefficient (Wildman–Crippen LogP) is 2.17. The summed E-state index contributed by atoms with van der Waals surface area (Å²) in [6.07, 6.45) is 3.07. The van der Waals surface area contributed by atoms with E-state index in [0.29, 0.717) is 18.2 Å². The van der Waals surface area contributed by atoms with E-state index in [1.807, 2.05) is 47.2 Å². The van der Waals surface area contributed by atoms with Crippen LogP contribution < -0.4 is 9.46 Å². The average molecular weight is 303 g/mol. The zero-order valence-corrected chi connectivity index (χ0v) is 12.3. The van der Waals surface area contributed by atoms with Gasteiger partial charge >= 0.3 is 0 Å². The van der Waals surface area contributed by atoms with Gasteiger partial charge in [-0.05, 0) is 12.1 Å². The number of benzene rings is 2. The summed E-state index contributed by atoms with van der Waals surface area (Å²) in [4.78, 5) is 0. The van der Waals surface area contributed by atoms with Gasteiger partial charge in [0.25, 0.3) is 6.73 Å². The molecule has 0 spiro atoms. The van der Waals surface area contributed by atoms with Crippen LogP contribution in [0.5, 0.6) is 5.75 Å². The van der Waals surface area contributed by atoms with Crippen molar-refractivity contribution in [3.63, 3.8) is 0 Å². The fourth-order valence-corrected chi connectivity index (χ4v) is 2.77. The molecule has 0 fully saturated rings. The van der Waals surface area contributed by atoms with Crippen LogP contribution >= 0.6 is 0 Å². The Labute approximate surface area is 123 Å². The number of rotatable bonds is 3. The van der Waals surface area contributed by atoms with E-state index in [4.69, 9.17) is 4.74 Å². The summed E-state index contributed by atoms with van der Waals surface area (Å²) >= 11 is 0. The lowest BCUT2D eigenvalue weighted by Crippen LogP contribution is -2.22. The smallest absolute Gasteiger partial charge is 0.292 e. The van der Waals surface area contributed by atoms with Gasteiger partial charge < -0.3 is 4.74 Å². The van der Waals surface area contributed by atoms with E-state index in [0.717, 1.165) is 17.5 Å². The van der Waals surface area contributed by atoms with E-state index in [1.54, 1.807) is 12.1 Å². The molecule has 3 rings (SSSR count). The van der Waals surface area contributed by atoms with Crippen LogP contribution in [0.4, 0.5) is 11.4 Å². The molecule has 2 aromatic rings. The number of fused-ring (bicyclic) bond motifs is 1. The number of para-hydroxylation sites is 2. The van der Waals surface area contributed by atoms with Crippen molar-refractivity contribution in [2.24, 2.45) is 0 Å². The molecule has 0 saturated carbocycles. The summed E-state index contributed by atoms with van der Waals surface area (Å²) in [7, 11) is -3.33. The highest BCUT2D eigenvalue weighted by atomic mass is 32.2. The first kappa shape index (κ1) is 13.6. The molecule has 1 aliphatic rings. The van der Waals surface area contributed by atoms with Crippen LogP contribution in [0.25, 0.3) is 0 Å². The molecule has 0 atom stereocenters. The van der Waals surface area contributed by atoms with Crippen LogP contribution in [-0.2, 0) is 10.0 Å². The van der Waals surface area contributed by atoms with Crippen LogP contribution in [-0.4, -0.2) is 32.2 Å². The molecule has 1 N–H and O–H groups in total. The molecule has 1 heterocycles. The van der Waals surface area contributed by atoms with Crippen LogP contribution in [0.1, 0.15) is 5.56 Å². The standard InChI is InChI=1S/C15H15N2O3S/c1-21(18,19)16-14-9-5-6-12-10-17(11-20-15(12)14)13-7-3-2-4-8-13/h2-10,16H,11H2,1H3/q+1. The summed E-state index contributed by atoms with van der Waals surface area (Å²) in [6.45, 7) is 0.333. The molecular weight excluding hydrogens is 288 g/mol. The minimum absolute atomic E-state index is 0.333. The maximum absolute atomic E-state index is 11.4. The molecule has 0 aliphatic carbocycles. The molecule has 108 valence electrons. The molecule has 2 aromatic carbocycles. The third-order valence-electron chi connectivity index (χ3n) is 3.07. The SMILES string of the molecule is CS(=O)(=O)Nc1cccc2c1OC[N+](c1ccccc1)=C2. The number of anilines is 1. The highest BCUT2D eigenvalue weighted by molar-refractivity contribution is 7.92. The zero-order chi connectivity index (χ0) is 14.9. The van der Waals surface area contributed by atoms with Gasteiger partial charge in [-0.2, -0.15) is 4.58 Å². The van der Waals surface area contributed by atoms with Gasteiger partial charge in [-0.3, -0.25) is 4.72 Å². The molecule has 0 unspecified atom stereocenters. The lowest BCUT2D eigenvalue weighted by Gasteiger charge is -2.17. The molecule has 0 aromatic heterocycles. The first-order valence-electron chi connectivity index (χ1n) is 6.43. The second-order valence-electron chi connectivity index (χ2n) is 4.81. The monoisotopic (exact) mass is 303 g/mol. The summed E-state index contributed by atoms with van der Waals surface area (Å²) in [5, 5.41) is 0. The van der Waals surface area contributed by atoms with E-state index in [-0.39, 0.29) is 0 Å². The Kier molecular flexibility index (Phi) is 3.39. The minimum atomic E-state index is -3.33. The Balaban J connectivity index is 2.01. The van der Waals surface area contributed by atoms with Crippen LogP contribution in [0.2, 0.25) is 0 Å². The van der Waals surface area contributed by atoms with E-state index < -0.39 is 10.0 Å². The Bertz CT molecular complexity index is 799. The fraction of sp³-hybridized carbons (Fsp3) is 0.133. The number of ether oxygens (including phenoxy) is 1. The van der Waals surface area contributed by atoms with E-state index in [9.17, 15) is 8.42 Å². The third-order valence-corrected chi connectivity index (χ3v) is 3.66. The van der Waals surface area contributed by atoms with Gasteiger partial charge in [0, 0.05) is 12.1 Å². The molecule has 0 radical (unpaired) electrons. The molecule has 0 bridgehead atoms. The fourth-order valence-electron chi connectivity index (χ4n) is 2.21. The lowest BCUT2D eigenvalue weighted by molar-refractivity contribution is -0.476. The summed E-state index contributed by atoms with van der Waals surface area (Å²) < 4.78 is 32.9. The molecule has 0 saturated heterocycles. The molecule has 1 aliphatic heterocycles. The van der Waals surface area contributed by atoms with Gasteiger partial charge in [-0.1, -0.05) is 24.3 Å². The Hall–Kier alpha value is -2.34. The van der Waals surface area contributed by atoms with Crippen molar-refractivity contribution < 1.29 is 17.7 Å². The molecule has 21 heavy (non-hydrogen) atoms. The van der Waals surface area contributed by atoms with Crippen LogP contribution in [0.3, 0.4) is 0 Å². The van der Waals surface area contributed by atoms with Gasteiger partial charge in [0.2, 0.25) is 15.7 Å². The molecule has 5 nitrogen and oxygen atoms in total. The van der Waals surface area contributed by atoms with Gasteiger partial charge in [0.05, 0.1) is 17.5 Å². The number of nitrogens with zero attached hydrogens (tertiary/aromatic N) is 1. The highest BCUT2D eigenvalue weighted by Gasteiger charge is 2.22. The lowest BCUT2D eigenvalue weighted by atomic mass is 10.1. The van der Waals surface area contributed by atoms with Crippen LogP contribution in [0.15, 0.2) is 48.5 Å². The molecule has 6 heteroatoms. The van der Waals surface area contributed by atoms with Gasteiger partial charge in [-0.15, -0.1) is 0 Å². The Morgan fingerprint density at radius 2 is 1.86 bits per heavy atom. The summed E-state index contributed by atoms with van der Waals surface area (Å²) in [5.41, 5.74) is 2.31. The number of hydrogen-bond acceptors (Lipinski definition) is 3. The van der Waals surface area contributed by atoms with Crippen molar-refractivity contribution in [1.82, 2.24) is 0 Å². The number of nitrogens with one attached hydrogen (secondary N) is 1. The third kappa shape index (κ3) is 3.05. The van der Waals surface area contributed by atoms with Gasteiger partial charge in [-0.25, -0.2) is 8.42 Å². The normalized spacial score (nSPS) is 13.9. The maximum Gasteiger partial charge on any atom is 0.292 e. The second-order valence-corrected chi connectivity index (χ2v) is 6.55. The Morgan fingerprint density at radius 1 is 1.10 bits per heavy atom. The summed E-state index contributed by atoms with van der Waals surface area (Å²) in [6, 6.07) is 15.2. The molecule has 0 amide bonds. The quantitative estimate of drug-likeness (QED) is 0.884. The minimum Gasteiger partial charge on any atom is -0.433 e. The number of hydrogen-bond donors (Lipinski definition) is 1. The van der Waals surface area contributed by atoms with Crippen molar-refractivity contribution in [3.8, 4) is 5.75 Å². The van der Waals surface area contributed by atoms with Crippen molar-refractivity contribution in [1.29, 1.82) is 0 Å². The van der Waals surface area contributed by atoms with Crippen molar-refractivity contribution in [2.75, 3.05) is 17.7 Å². The topological polar surface area (TPSA) is 58.4 Å². The number of sulfonamides is 1. The largest absolute Gasteiger partial charge is 0.433 e. The second kappa shape index (κ2) is 5.21. The van der Waals surface area contributed by atoms with E-state index in [2.05, 4.69) is 4.72 Å². The zero-order valence-electron chi connectivity index (χ0n) is 11.5. The van der Waals surface area contributed by atoms with Gasteiger partial charge in [0.1, 0.15) is 0 Å². The highest BCUT2D eigenvalue weighted by Crippen LogP contribution is 2.31. The van der Waals surface area contributed by atoms with Crippen molar-refractivity contribution in [2.45, 2.75) is 0 Å².